The number of methoxy groups -OCH3 is 1. The molecule has 5 nitrogen and oxygen atoms in total. The summed E-state index contributed by atoms with van der Waals surface area (Å²) in [6, 6.07) is 13.8. The summed E-state index contributed by atoms with van der Waals surface area (Å²) in [5, 5.41) is 2.60. The Balaban J connectivity index is 1.91. The van der Waals surface area contributed by atoms with Crippen LogP contribution in [0.1, 0.15) is 5.56 Å². The molecule has 2 aromatic carbocycles. The van der Waals surface area contributed by atoms with Gasteiger partial charge in [0.25, 0.3) is 5.91 Å². The highest BCUT2D eigenvalue weighted by atomic mass is 79.9. The Bertz CT molecular complexity index is 803. The van der Waals surface area contributed by atoms with Gasteiger partial charge in [0.2, 0.25) is 0 Å². The predicted octanol–water partition coefficient (Wildman–Crippen LogP) is 3.56. The normalized spacial score (nSPS) is 15.9. The van der Waals surface area contributed by atoms with Crippen molar-refractivity contribution in [1.29, 1.82) is 0 Å². The van der Waals surface area contributed by atoms with Crippen LogP contribution in [0.2, 0.25) is 0 Å². The van der Waals surface area contributed by atoms with Gasteiger partial charge in [-0.3, -0.25) is 4.79 Å². The molecule has 3 amide bonds. The number of halogens is 1. The number of para-hydroxylation sites is 1. The molecule has 0 bridgehead atoms. The lowest BCUT2D eigenvalue weighted by atomic mass is 10.2. The third-order valence-electron chi connectivity index (χ3n) is 3.38. The van der Waals surface area contributed by atoms with Crippen LogP contribution in [0.25, 0.3) is 6.08 Å². The predicted molar refractivity (Wildman–Crippen MR) is 91.1 cm³/mol. The minimum atomic E-state index is -0.458. The Morgan fingerprint density at radius 3 is 2.52 bits per heavy atom. The molecule has 1 N–H and O–H groups in total. The summed E-state index contributed by atoms with van der Waals surface area (Å²) in [6.45, 7) is 0. The number of hydrogen-bond donors (Lipinski definition) is 1. The van der Waals surface area contributed by atoms with E-state index >= 15 is 0 Å². The molecule has 0 aliphatic carbocycles. The first-order valence-electron chi connectivity index (χ1n) is 6.86. The maximum atomic E-state index is 12.5. The van der Waals surface area contributed by atoms with Gasteiger partial charge >= 0.3 is 6.03 Å². The fourth-order valence-electron chi connectivity index (χ4n) is 2.29. The molecule has 23 heavy (non-hydrogen) atoms. The summed E-state index contributed by atoms with van der Waals surface area (Å²) in [4.78, 5) is 25.7. The number of nitrogens with one attached hydrogen (secondary N) is 1. The Morgan fingerprint density at radius 2 is 1.87 bits per heavy atom. The van der Waals surface area contributed by atoms with Crippen molar-refractivity contribution in [3.05, 3.63) is 64.3 Å². The highest BCUT2D eigenvalue weighted by Gasteiger charge is 2.34. The van der Waals surface area contributed by atoms with Crippen LogP contribution in [0, 0.1) is 0 Å². The van der Waals surface area contributed by atoms with Gasteiger partial charge in [-0.15, -0.1) is 0 Å². The van der Waals surface area contributed by atoms with E-state index < -0.39 is 6.03 Å². The van der Waals surface area contributed by atoms with Crippen molar-refractivity contribution in [3.8, 4) is 5.75 Å². The van der Waals surface area contributed by atoms with Crippen molar-refractivity contribution in [3.63, 3.8) is 0 Å². The van der Waals surface area contributed by atoms with Crippen LogP contribution in [-0.2, 0) is 4.79 Å². The van der Waals surface area contributed by atoms with E-state index in [2.05, 4.69) is 21.2 Å². The van der Waals surface area contributed by atoms with Gasteiger partial charge in [0.1, 0.15) is 11.4 Å². The fourth-order valence-corrected chi connectivity index (χ4v) is 2.84. The second kappa shape index (κ2) is 6.26. The molecule has 1 saturated heterocycles. The lowest BCUT2D eigenvalue weighted by molar-refractivity contribution is -0.113. The zero-order chi connectivity index (χ0) is 16.4. The minimum absolute atomic E-state index is 0.232. The number of nitrogens with zero attached hydrogens (tertiary/aromatic N) is 1. The van der Waals surface area contributed by atoms with E-state index in [0.29, 0.717) is 11.4 Å². The average Bonchev–Trinajstić information content (AvgIpc) is 2.82. The Morgan fingerprint density at radius 1 is 1.13 bits per heavy atom. The van der Waals surface area contributed by atoms with Crippen molar-refractivity contribution in [2.24, 2.45) is 0 Å². The van der Waals surface area contributed by atoms with Crippen LogP contribution < -0.4 is 15.0 Å². The summed E-state index contributed by atoms with van der Waals surface area (Å²) in [5.74, 6) is 0.313. The molecule has 3 rings (SSSR count). The topological polar surface area (TPSA) is 58.6 Å². The van der Waals surface area contributed by atoms with E-state index in [1.807, 2.05) is 12.1 Å². The first kappa shape index (κ1) is 15.3. The van der Waals surface area contributed by atoms with Crippen LogP contribution in [0.15, 0.2) is 58.7 Å². The van der Waals surface area contributed by atoms with Crippen LogP contribution in [-0.4, -0.2) is 19.0 Å². The maximum absolute atomic E-state index is 12.5. The molecule has 0 spiro atoms. The average molecular weight is 373 g/mol. The number of ether oxygens (including phenoxy) is 1. The monoisotopic (exact) mass is 372 g/mol. The molecule has 0 unspecified atom stereocenters. The molecule has 116 valence electrons. The number of amides is 3. The number of carbonyl (C=O) groups is 2. The SMILES string of the molecule is COc1ccc(/C=C2/NC(=O)N(c3ccccc3)C2=O)cc1Br. The third kappa shape index (κ3) is 2.98. The van der Waals surface area contributed by atoms with Crippen molar-refractivity contribution < 1.29 is 14.3 Å². The quantitative estimate of drug-likeness (QED) is 0.661. The minimum Gasteiger partial charge on any atom is -0.496 e. The summed E-state index contributed by atoms with van der Waals surface area (Å²) in [6.07, 6.45) is 1.63. The third-order valence-corrected chi connectivity index (χ3v) is 4.00. The molecule has 1 aliphatic rings. The van der Waals surface area contributed by atoms with E-state index in [4.69, 9.17) is 4.74 Å². The van der Waals surface area contributed by atoms with Gasteiger partial charge < -0.3 is 10.1 Å². The summed E-state index contributed by atoms with van der Waals surface area (Å²) in [5.41, 5.74) is 1.54. The van der Waals surface area contributed by atoms with Crippen molar-refractivity contribution in [2.75, 3.05) is 12.0 Å². The summed E-state index contributed by atoms with van der Waals surface area (Å²) in [7, 11) is 1.58. The van der Waals surface area contributed by atoms with Gasteiger partial charge in [0, 0.05) is 0 Å². The van der Waals surface area contributed by atoms with Crippen molar-refractivity contribution >= 4 is 39.6 Å². The number of imide groups is 1. The molecule has 1 fully saturated rings. The molecule has 1 aliphatic heterocycles. The standard InChI is InChI=1S/C17H13BrN2O3/c1-23-15-8-7-11(9-13(15)18)10-14-16(21)20(17(22)19-14)12-5-3-2-4-6-12/h2-10H,1H3,(H,19,22)/b14-10+. The number of rotatable bonds is 3. The molecule has 0 atom stereocenters. The molecular weight excluding hydrogens is 360 g/mol. The Kier molecular flexibility index (Phi) is 4.16. The number of benzene rings is 2. The Labute approximate surface area is 141 Å². The van der Waals surface area contributed by atoms with Gasteiger partial charge in [-0.1, -0.05) is 24.3 Å². The van der Waals surface area contributed by atoms with Gasteiger partial charge in [-0.05, 0) is 51.8 Å². The Hall–Kier alpha value is -2.60. The van der Waals surface area contributed by atoms with Gasteiger partial charge in [0.05, 0.1) is 17.3 Å². The second-order valence-corrected chi connectivity index (χ2v) is 5.71. The van der Waals surface area contributed by atoms with Gasteiger partial charge in [-0.25, -0.2) is 9.69 Å². The number of carbonyl (C=O) groups excluding carboxylic acids is 2. The van der Waals surface area contributed by atoms with Crippen LogP contribution in [0.4, 0.5) is 10.5 Å². The fraction of sp³-hybridized carbons (Fsp3) is 0.0588. The van der Waals surface area contributed by atoms with Crippen molar-refractivity contribution in [1.82, 2.24) is 5.32 Å². The number of anilines is 1. The largest absolute Gasteiger partial charge is 0.496 e. The van der Waals surface area contributed by atoms with Gasteiger partial charge in [0.15, 0.2) is 0 Å². The van der Waals surface area contributed by atoms with Crippen LogP contribution >= 0.6 is 15.9 Å². The highest BCUT2D eigenvalue weighted by molar-refractivity contribution is 9.10. The van der Waals surface area contributed by atoms with E-state index in [9.17, 15) is 9.59 Å². The molecule has 0 aromatic heterocycles. The van der Waals surface area contributed by atoms with E-state index in [-0.39, 0.29) is 11.6 Å². The molecule has 2 aromatic rings. The smallest absolute Gasteiger partial charge is 0.333 e. The molecule has 0 radical (unpaired) electrons. The van der Waals surface area contributed by atoms with Crippen molar-refractivity contribution in [2.45, 2.75) is 0 Å². The number of urea groups is 1. The zero-order valence-electron chi connectivity index (χ0n) is 12.2. The zero-order valence-corrected chi connectivity index (χ0v) is 13.8. The molecule has 0 saturated carbocycles. The lowest BCUT2D eigenvalue weighted by Gasteiger charge is -2.10. The molecule has 1 heterocycles. The van der Waals surface area contributed by atoms with E-state index in [1.54, 1.807) is 49.6 Å². The van der Waals surface area contributed by atoms with Crippen LogP contribution in [0.3, 0.4) is 0 Å². The van der Waals surface area contributed by atoms with Crippen LogP contribution in [0.5, 0.6) is 5.75 Å². The molecular formula is C17H13BrN2O3. The number of hydrogen-bond acceptors (Lipinski definition) is 3. The first-order chi connectivity index (χ1) is 11.1. The maximum Gasteiger partial charge on any atom is 0.333 e. The van der Waals surface area contributed by atoms with Gasteiger partial charge in [-0.2, -0.15) is 0 Å². The van der Waals surface area contributed by atoms with E-state index in [0.717, 1.165) is 14.9 Å². The summed E-state index contributed by atoms with van der Waals surface area (Å²) >= 11 is 3.40. The first-order valence-corrected chi connectivity index (χ1v) is 7.65. The highest BCUT2D eigenvalue weighted by Crippen LogP contribution is 2.27. The second-order valence-electron chi connectivity index (χ2n) is 4.86. The van der Waals surface area contributed by atoms with E-state index in [1.165, 1.54) is 0 Å². The lowest BCUT2D eigenvalue weighted by Crippen LogP contribution is -2.30. The molecule has 6 heteroatoms. The summed E-state index contributed by atoms with van der Waals surface area (Å²) < 4.78 is 5.94.